The first kappa shape index (κ1) is 46.7. The van der Waals surface area contributed by atoms with E-state index >= 15 is 0 Å². The van der Waals surface area contributed by atoms with E-state index in [1.807, 2.05) is 72.8 Å². The fourth-order valence-corrected chi connectivity index (χ4v) is 9.50. The molecule has 0 saturated carbocycles. The molecule has 0 spiro atoms. The van der Waals surface area contributed by atoms with Crippen LogP contribution in [0.5, 0.6) is 0 Å². The van der Waals surface area contributed by atoms with Crippen molar-refractivity contribution in [1.29, 1.82) is 10.5 Å². The molecule has 0 aliphatic carbocycles. The Morgan fingerprint density at radius 1 is 0.435 bits per heavy atom. The summed E-state index contributed by atoms with van der Waals surface area (Å²) in [6.07, 6.45) is 15.4. The van der Waals surface area contributed by atoms with Gasteiger partial charge >= 0.3 is 11.9 Å². The second-order valence-electron chi connectivity index (χ2n) is 16.1. The first-order valence-corrected chi connectivity index (χ1v) is 23.5. The number of aliphatic carboxylic acids is 2. The number of hydrogen-bond acceptors (Lipinski definition) is 7. The van der Waals surface area contributed by atoms with Crippen molar-refractivity contribution >= 4 is 100 Å². The van der Waals surface area contributed by atoms with Crippen LogP contribution in [-0.2, 0) is 9.59 Å². The van der Waals surface area contributed by atoms with Crippen LogP contribution in [0.25, 0.3) is 69.5 Å². The van der Waals surface area contributed by atoms with Gasteiger partial charge in [-0.3, -0.25) is 0 Å². The zero-order valence-electron chi connectivity index (χ0n) is 37.6. The second kappa shape index (κ2) is 21.6. The third-order valence-corrected chi connectivity index (χ3v) is 13.2. The van der Waals surface area contributed by atoms with Crippen molar-refractivity contribution in [3.05, 3.63) is 229 Å². The highest BCUT2D eigenvalue weighted by Gasteiger charge is 2.14. The molecule has 0 unspecified atom stereocenters. The Hall–Kier alpha value is -8.86. The van der Waals surface area contributed by atoms with Crippen LogP contribution in [0.1, 0.15) is 54.3 Å². The van der Waals surface area contributed by atoms with Crippen LogP contribution in [0.15, 0.2) is 175 Å². The van der Waals surface area contributed by atoms with Gasteiger partial charge < -0.3 is 15.1 Å². The van der Waals surface area contributed by atoms with Gasteiger partial charge in [0.2, 0.25) is 0 Å². The minimum Gasteiger partial charge on any atom is -0.477 e. The molecule has 7 nitrogen and oxygen atoms in total. The van der Waals surface area contributed by atoms with Crippen molar-refractivity contribution < 1.29 is 19.8 Å². The summed E-state index contributed by atoms with van der Waals surface area (Å²) in [6, 6.07) is 59.4. The van der Waals surface area contributed by atoms with E-state index in [-0.39, 0.29) is 11.1 Å². The van der Waals surface area contributed by atoms with Gasteiger partial charge in [-0.25, -0.2) is 9.59 Å². The Balaban J connectivity index is 0.993. The first-order valence-electron chi connectivity index (χ1n) is 21.8. The lowest BCUT2D eigenvalue weighted by molar-refractivity contribution is -0.133. The van der Waals surface area contributed by atoms with Crippen LogP contribution < -0.4 is 4.90 Å². The van der Waals surface area contributed by atoms with Crippen LogP contribution in [0.3, 0.4) is 0 Å². The number of aryl methyl sites for hydroxylation is 2. The molecule has 0 fully saturated rings. The van der Waals surface area contributed by atoms with Gasteiger partial charge in [-0.2, -0.15) is 10.5 Å². The smallest absolute Gasteiger partial charge is 0.346 e. The zero-order chi connectivity index (χ0) is 48.3. The molecule has 6 aromatic carbocycles. The van der Waals surface area contributed by atoms with Crippen molar-refractivity contribution in [2.75, 3.05) is 4.90 Å². The Morgan fingerprint density at radius 3 is 1.04 bits per heavy atom. The molecular weight excluding hydrogens is 891 g/mol. The molecule has 334 valence electrons. The van der Waals surface area contributed by atoms with Crippen molar-refractivity contribution in [1.82, 2.24) is 0 Å². The normalized spacial score (nSPS) is 11.8. The number of nitriles is 2. The number of hydrogen-bond donors (Lipinski definition) is 2. The van der Waals surface area contributed by atoms with E-state index < -0.39 is 11.9 Å². The molecule has 2 heterocycles. The second-order valence-corrected chi connectivity index (χ2v) is 18.4. The maximum Gasteiger partial charge on any atom is 0.346 e. The van der Waals surface area contributed by atoms with E-state index in [1.165, 1.54) is 51.5 Å². The van der Waals surface area contributed by atoms with Crippen molar-refractivity contribution in [3.8, 4) is 33.0 Å². The fraction of sp³-hybridized carbons (Fsp3) is 0.0333. The van der Waals surface area contributed by atoms with E-state index in [9.17, 15) is 19.8 Å². The Kier molecular flexibility index (Phi) is 14.6. The van der Waals surface area contributed by atoms with Gasteiger partial charge in [-0.05, 0) is 131 Å². The van der Waals surface area contributed by atoms with Crippen LogP contribution in [0, 0.1) is 36.5 Å². The summed E-state index contributed by atoms with van der Waals surface area (Å²) in [5.41, 5.74) is 13.4. The molecule has 2 N–H and O–H groups in total. The van der Waals surface area contributed by atoms with E-state index in [1.54, 1.807) is 12.1 Å². The molecular formula is C60H43N3O4S2. The Labute approximate surface area is 409 Å². The molecule has 69 heavy (non-hydrogen) atoms. The molecule has 8 aromatic rings. The van der Waals surface area contributed by atoms with E-state index in [2.05, 4.69) is 146 Å². The fourth-order valence-electron chi connectivity index (χ4n) is 7.59. The molecule has 0 atom stereocenters. The quantitative estimate of drug-likeness (QED) is 0.0596. The molecule has 0 bridgehead atoms. The van der Waals surface area contributed by atoms with Gasteiger partial charge in [-0.1, -0.05) is 151 Å². The van der Waals surface area contributed by atoms with E-state index in [0.29, 0.717) is 9.75 Å². The number of rotatable bonds is 15. The monoisotopic (exact) mass is 933 g/mol. The van der Waals surface area contributed by atoms with Crippen LogP contribution >= 0.6 is 22.7 Å². The number of carboxylic acids is 2. The summed E-state index contributed by atoms with van der Waals surface area (Å²) in [5.74, 6) is -2.48. The molecule has 8 rings (SSSR count). The SMILES string of the molecule is Cc1cc(C)cc(/C=C/c2ccc(N(c3ccc(/C=C/c4ccc(-c5ccc(/C=C(\C#N)C(=O)O)s5)cc4)cc3)c3ccc(/C=C/c4ccc(-c5ccc(/C=C(\C#N)C(=O)O)s5)cc4)cc3)cc2)c1. The van der Waals surface area contributed by atoms with E-state index in [4.69, 9.17) is 10.5 Å². The third kappa shape index (κ3) is 12.1. The summed E-state index contributed by atoms with van der Waals surface area (Å²) in [7, 11) is 0. The molecule has 0 radical (unpaired) electrons. The molecule has 9 heteroatoms. The lowest BCUT2D eigenvalue weighted by Crippen LogP contribution is -2.09. The number of carboxylic acid groups (broad SMARTS) is 2. The Bertz CT molecular complexity index is 3200. The topological polar surface area (TPSA) is 125 Å². The average Bonchev–Trinajstić information content (AvgIpc) is 4.04. The average molecular weight is 934 g/mol. The van der Waals surface area contributed by atoms with Gasteiger partial charge in [0.25, 0.3) is 0 Å². The summed E-state index contributed by atoms with van der Waals surface area (Å²) in [6.45, 7) is 4.23. The number of anilines is 3. The van der Waals surface area contributed by atoms with Gasteiger partial charge in [0.05, 0.1) is 0 Å². The lowest BCUT2D eigenvalue weighted by Gasteiger charge is -2.26. The molecule has 2 aromatic heterocycles. The lowest BCUT2D eigenvalue weighted by atomic mass is 10.1. The minimum atomic E-state index is -1.24. The summed E-state index contributed by atoms with van der Waals surface area (Å²) in [5, 5.41) is 36.7. The predicted octanol–water partition coefficient (Wildman–Crippen LogP) is 15.7. The molecule has 0 amide bonds. The first-order chi connectivity index (χ1) is 33.5. The number of thiophene rings is 2. The highest BCUT2D eigenvalue weighted by molar-refractivity contribution is 7.16. The zero-order valence-corrected chi connectivity index (χ0v) is 39.2. The van der Waals surface area contributed by atoms with Gasteiger partial charge in [0.15, 0.2) is 0 Å². The highest BCUT2D eigenvalue weighted by Crippen LogP contribution is 2.36. The predicted molar refractivity (Wildman–Crippen MR) is 286 cm³/mol. The molecule has 0 aliphatic rings. The Morgan fingerprint density at radius 2 is 0.739 bits per heavy atom. The highest BCUT2D eigenvalue weighted by atomic mass is 32.1. The maximum atomic E-state index is 11.3. The molecule has 0 saturated heterocycles. The summed E-state index contributed by atoms with van der Waals surface area (Å²) in [4.78, 5) is 28.2. The van der Waals surface area contributed by atoms with Crippen molar-refractivity contribution in [2.45, 2.75) is 13.8 Å². The summed E-state index contributed by atoms with van der Waals surface area (Å²) >= 11 is 2.87. The largest absolute Gasteiger partial charge is 0.477 e. The number of carbonyl (C=O) groups is 2. The van der Waals surface area contributed by atoms with E-state index in [0.717, 1.165) is 65.8 Å². The summed E-state index contributed by atoms with van der Waals surface area (Å²) < 4.78 is 0. The van der Waals surface area contributed by atoms with Crippen LogP contribution in [-0.4, -0.2) is 22.2 Å². The molecule has 0 aliphatic heterocycles. The van der Waals surface area contributed by atoms with Crippen LogP contribution in [0.2, 0.25) is 0 Å². The maximum absolute atomic E-state index is 11.3. The minimum absolute atomic E-state index is 0.295. The number of benzene rings is 6. The number of nitrogens with zero attached hydrogens (tertiary/aromatic N) is 3. The van der Waals surface area contributed by atoms with Crippen LogP contribution in [0.4, 0.5) is 17.1 Å². The van der Waals surface area contributed by atoms with Crippen molar-refractivity contribution in [3.63, 3.8) is 0 Å². The van der Waals surface area contributed by atoms with Gasteiger partial charge in [-0.15, -0.1) is 22.7 Å². The third-order valence-electron chi connectivity index (χ3n) is 11.0. The van der Waals surface area contributed by atoms with Crippen molar-refractivity contribution in [2.24, 2.45) is 0 Å². The van der Waals surface area contributed by atoms with Gasteiger partial charge in [0, 0.05) is 36.6 Å². The standard InChI is InChI=1S/C60H43N3O4S2/c1-40-33-41(2)35-47(34-40)8-7-46-17-27-54(28-18-46)63(52-23-13-44(14-24-52)5-3-42-9-19-48(20-10-42)57-31-29-55(68-57)36-50(38-61)59(64)65)53-25-15-45(16-26-53)6-4-43-11-21-49(22-12-43)58-32-30-56(69-58)37-51(39-62)60(66)67/h3-37H,1-2H3,(H,64,65)(H,66,67)/b5-3+,6-4+,8-7+,50-36+,51-37+. The van der Waals surface area contributed by atoms with Gasteiger partial charge in [0.1, 0.15) is 23.3 Å².